The van der Waals surface area contributed by atoms with Gasteiger partial charge in [0.15, 0.2) is 5.78 Å². The molecule has 0 saturated heterocycles. The predicted octanol–water partition coefficient (Wildman–Crippen LogP) is 5.94. The predicted molar refractivity (Wildman–Crippen MR) is 136 cm³/mol. The summed E-state index contributed by atoms with van der Waals surface area (Å²) < 4.78 is 5.87. The molecular weight excluding hydrogens is 556 g/mol. The first-order chi connectivity index (χ1) is 16.5. The molecular formula is C29H29Cl2O3Y-. The number of Topliss-reactive ketones (excluding diaryl/α,β-unsaturated/α-hetero) is 1. The number of aryl methyl sites for hydroxylation is 1. The number of carbonyl (C=O) groups is 1. The van der Waals surface area contributed by atoms with E-state index in [0.717, 1.165) is 35.1 Å². The van der Waals surface area contributed by atoms with E-state index in [4.69, 9.17) is 27.9 Å². The van der Waals surface area contributed by atoms with Crippen molar-refractivity contribution in [2.24, 2.45) is 11.8 Å². The van der Waals surface area contributed by atoms with E-state index in [1.165, 1.54) is 0 Å². The van der Waals surface area contributed by atoms with Crippen LogP contribution >= 0.6 is 23.2 Å². The topological polar surface area (TPSA) is 46.5 Å². The van der Waals surface area contributed by atoms with Gasteiger partial charge in [0.25, 0.3) is 0 Å². The van der Waals surface area contributed by atoms with E-state index in [9.17, 15) is 9.90 Å². The second-order valence-electron chi connectivity index (χ2n) is 8.93. The molecule has 3 aromatic rings. The number of hydrogen-bond acceptors (Lipinski definition) is 3. The summed E-state index contributed by atoms with van der Waals surface area (Å²) in [7, 11) is 0. The average molecular weight is 585 g/mol. The molecule has 0 bridgehead atoms. The Labute approximate surface area is 243 Å². The van der Waals surface area contributed by atoms with Crippen LogP contribution in [0.3, 0.4) is 0 Å². The van der Waals surface area contributed by atoms with Gasteiger partial charge in [0.2, 0.25) is 0 Å². The summed E-state index contributed by atoms with van der Waals surface area (Å²) in [5.74, 6) is -0.403. The number of benzene rings is 3. The molecule has 0 heterocycles. The Balaban J connectivity index is 0.00000342. The molecule has 3 unspecified atom stereocenters. The van der Waals surface area contributed by atoms with E-state index in [1.54, 1.807) is 0 Å². The molecule has 1 aliphatic rings. The number of ether oxygens (including phenoxy) is 1. The molecule has 1 fully saturated rings. The van der Waals surface area contributed by atoms with E-state index in [-0.39, 0.29) is 50.3 Å². The number of hydrogen-bond donors (Lipinski definition) is 1. The molecule has 0 aliphatic heterocycles. The molecule has 0 spiro atoms. The standard InChI is InChI=1S/C29H29Cl2O3.Y/c30-27-24(25(29(33)28(27)31)19-34-18-22-10-5-2-6-11-22)15-14-21-12-7-13-23(16-21)26(32)17-20-8-3-1-4-9-20;/h1-5,7-13,16,24-28,32H,14-15,17-19H2;/q-1;/t24-,25-,26?,27?,28?;/m1./s1. The van der Waals surface area contributed by atoms with Crippen molar-refractivity contribution in [3.8, 4) is 0 Å². The third-order valence-corrected chi connectivity index (χ3v) is 7.75. The van der Waals surface area contributed by atoms with Gasteiger partial charge in [-0.25, -0.2) is 0 Å². The average Bonchev–Trinajstić information content (AvgIpc) is 3.07. The van der Waals surface area contributed by atoms with Crippen molar-refractivity contribution in [3.63, 3.8) is 0 Å². The minimum atomic E-state index is -0.690. The Morgan fingerprint density at radius 2 is 1.71 bits per heavy atom. The summed E-state index contributed by atoms with van der Waals surface area (Å²) in [6.07, 6.45) is 1.48. The zero-order chi connectivity index (χ0) is 23.9. The van der Waals surface area contributed by atoms with Crippen LogP contribution in [-0.4, -0.2) is 28.3 Å². The van der Waals surface area contributed by atoms with Crippen LogP contribution in [0.15, 0.2) is 78.9 Å². The van der Waals surface area contributed by atoms with E-state index < -0.39 is 16.9 Å². The molecule has 1 radical (unpaired) electrons. The van der Waals surface area contributed by atoms with Crippen LogP contribution in [-0.2, 0) is 61.7 Å². The number of alkyl halides is 2. The molecule has 6 heteroatoms. The molecule has 0 amide bonds. The Bertz CT molecular complexity index is 1060. The number of rotatable bonds is 10. The first kappa shape index (κ1) is 28.5. The summed E-state index contributed by atoms with van der Waals surface area (Å²) in [5.41, 5.74) is 4.11. The monoisotopic (exact) mass is 584 g/mol. The number of halogens is 2. The first-order valence-electron chi connectivity index (χ1n) is 11.7. The Morgan fingerprint density at radius 3 is 2.46 bits per heavy atom. The number of ketones is 1. The van der Waals surface area contributed by atoms with Gasteiger partial charge in [-0.1, -0.05) is 54.6 Å². The molecule has 3 nitrogen and oxygen atoms in total. The van der Waals surface area contributed by atoms with Gasteiger partial charge in [-0.3, -0.25) is 4.79 Å². The molecule has 181 valence electrons. The third-order valence-electron chi connectivity index (χ3n) is 6.55. The van der Waals surface area contributed by atoms with Crippen LogP contribution in [0.4, 0.5) is 0 Å². The van der Waals surface area contributed by atoms with Crippen LogP contribution in [0, 0.1) is 17.9 Å². The second-order valence-corrected chi connectivity index (χ2v) is 9.91. The van der Waals surface area contributed by atoms with E-state index in [2.05, 4.69) is 6.07 Å². The van der Waals surface area contributed by atoms with Crippen molar-refractivity contribution in [3.05, 3.63) is 107 Å². The maximum Gasteiger partial charge on any atom is 0.157 e. The molecule has 1 N–H and O–H groups in total. The fraction of sp³-hybridized carbons (Fsp3) is 0.345. The molecule has 5 atom stereocenters. The zero-order valence-corrected chi connectivity index (χ0v) is 23.9. The number of aliphatic hydroxyl groups excluding tert-OH is 1. The Hall–Kier alpha value is -1.07. The molecule has 3 aromatic carbocycles. The van der Waals surface area contributed by atoms with Crippen molar-refractivity contribution in [1.82, 2.24) is 0 Å². The van der Waals surface area contributed by atoms with Gasteiger partial charge >= 0.3 is 0 Å². The van der Waals surface area contributed by atoms with Crippen molar-refractivity contribution >= 4 is 29.0 Å². The van der Waals surface area contributed by atoms with Gasteiger partial charge in [0.05, 0.1) is 18.1 Å². The van der Waals surface area contributed by atoms with Crippen LogP contribution in [0.1, 0.15) is 34.8 Å². The van der Waals surface area contributed by atoms with Crippen LogP contribution in [0.5, 0.6) is 0 Å². The van der Waals surface area contributed by atoms with Crippen molar-refractivity contribution in [1.29, 1.82) is 0 Å². The van der Waals surface area contributed by atoms with Crippen molar-refractivity contribution < 1.29 is 47.3 Å². The zero-order valence-electron chi connectivity index (χ0n) is 19.5. The smallest absolute Gasteiger partial charge is 0.157 e. The largest absolute Gasteiger partial charge is 0.388 e. The molecule has 35 heavy (non-hydrogen) atoms. The van der Waals surface area contributed by atoms with Gasteiger partial charge < -0.3 is 9.84 Å². The minimum Gasteiger partial charge on any atom is -0.388 e. The maximum absolute atomic E-state index is 12.8. The summed E-state index contributed by atoms with van der Waals surface area (Å²) in [5, 5.41) is 9.61. The number of aliphatic hydroxyl groups is 1. The van der Waals surface area contributed by atoms with Crippen LogP contribution < -0.4 is 0 Å². The van der Waals surface area contributed by atoms with Crippen LogP contribution in [0.25, 0.3) is 0 Å². The fourth-order valence-electron chi connectivity index (χ4n) is 4.65. The summed E-state index contributed by atoms with van der Waals surface area (Å²) in [4.78, 5) is 12.8. The molecule has 4 rings (SSSR count). The van der Waals surface area contributed by atoms with Crippen molar-refractivity contribution in [2.75, 3.05) is 6.61 Å². The minimum absolute atomic E-state index is 0. The van der Waals surface area contributed by atoms with Gasteiger partial charge in [0, 0.05) is 51.7 Å². The summed E-state index contributed by atoms with van der Waals surface area (Å²) >= 11 is 12.9. The van der Waals surface area contributed by atoms with E-state index in [1.807, 2.05) is 78.9 Å². The van der Waals surface area contributed by atoms with Gasteiger partial charge in [-0.2, -0.15) is 30.3 Å². The summed E-state index contributed by atoms with van der Waals surface area (Å²) in [6.45, 7) is 0.732. The number of carbonyl (C=O) groups excluding carboxylic acids is 1. The SMILES string of the molecule is O=C1C(Cl)C(Cl)[C@H](CCc2cccc(C(O)Cc3ccccc3)c2)[C@H]1COCc1c[c-]ccc1.[Y]. The summed E-state index contributed by atoms with van der Waals surface area (Å²) in [6, 6.07) is 28.6. The van der Waals surface area contributed by atoms with Crippen LogP contribution in [0.2, 0.25) is 0 Å². The quantitative estimate of drug-likeness (QED) is 0.237. The van der Waals surface area contributed by atoms with E-state index >= 15 is 0 Å². The Morgan fingerprint density at radius 1 is 0.971 bits per heavy atom. The van der Waals surface area contributed by atoms with Gasteiger partial charge in [-0.15, -0.1) is 28.8 Å². The Kier molecular flexibility index (Phi) is 11.4. The first-order valence-corrected chi connectivity index (χ1v) is 12.6. The fourth-order valence-corrected chi connectivity index (χ4v) is 5.42. The normalized spacial score (nSPS) is 22.5. The van der Waals surface area contributed by atoms with Crippen molar-refractivity contribution in [2.45, 2.75) is 42.7 Å². The van der Waals surface area contributed by atoms with E-state index in [0.29, 0.717) is 19.6 Å². The van der Waals surface area contributed by atoms with Gasteiger partial charge in [-0.05, 0) is 35.4 Å². The molecule has 1 aliphatic carbocycles. The second kappa shape index (κ2) is 14.0. The van der Waals surface area contributed by atoms with Gasteiger partial charge in [0.1, 0.15) is 5.38 Å². The third kappa shape index (κ3) is 7.71. The molecule has 1 saturated carbocycles. The maximum atomic E-state index is 12.8. The molecule has 0 aromatic heterocycles.